The molecule has 0 saturated heterocycles. The third kappa shape index (κ3) is 2.65. The Kier molecular flexibility index (Phi) is 3.35. The van der Waals surface area contributed by atoms with E-state index in [1.165, 1.54) is 12.1 Å². The maximum atomic E-state index is 13.0. The Balaban J connectivity index is 1.73. The van der Waals surface area contributed by atoms with E-state index < -0.39 is 11.5 Å². The number of aryl methyl sites for hydroxylation is 1. The normalized spacial score (nSPS) is 14.6. The quantitative estimate of drug-likeness (QED) is 0.730. The van der Waals surface area contributed by atoms with E-state index in [0.29, 0.717) is 28.3 Å². The monoisotopic (exact) mass is 337 g/mol. The standard InChI is InChI=1S/C18H12FN3O3/c1-10-6-14-15(25-18(24)16(14)17(23)21-10)7-11-8-20-22(9-11)13-4-2-12(19)3-5-13/h2-9H,1H3,(H,21,23). The minimum absolute atomic E-state index is 0.00257. The SMILES string of the molecule is Cc1cc2c(c(=O)[nH]1)C(=O)OC2=Cc1cnn(-c2ccc(F)cc2)c1. The topological polar surface area (TPSA) is 77.0 Å². The van der Waals surface area contributed by atoms with E-state index in [1.807, 2.05) is 0 Å². The van der Waals surface area contributed by atoms with Crippen molar-refractivity contribution in [1.82, 2.24) is 14.8 Å². The lowest BCUT2D eigenvalue weighted by Gasteiger charge is -2.00. The smallest absolute Gasteiger partial charge is 0.349 e. The number of cyclic esters (lactones) is 1. The van der Waals surface area contributed by atoms with Gasteiger partial charge >= 0.3 is 5.97 Å². The van der Waals surface area contributed by atoms with Crippen LogP contribution in [0.4, 0.5) is 4.39 Å². The van der Waals surface area contributed by atoms with Gasteiger partial charge in [0.2, 0.25) is 0 Å². The van der Waals surface area contributed by atoms with Gasteiger partial charge in [0.25, 0.3) is 5.56 Å². The lowest BCUT2D eigenvalue weighted by molar-refractivity contribution is 0.0715. The fourth-order valence-corrected chi connectivity index (χ4v) is 2.70. The van der Waals surface area contributed by atoms with Crippen LogP contribution in [0.1, 0.15) is 27.2 Å². The molecule has 1 aliphatic rings. The number of rotatable bonds is 2. The van der Waals surface area contributed by atoms with E-state index in [4.69, 9.17) is 4.74 Å². The first-order valence-electron chi connectivity index (χ1n) is 7.50. The van der Waals surface area contributed by atoms with Gasteiger partial charge in [0.15, 0.2) is 0 Å². The average molecular weight is 337 g/mol. The van der Waals surface area contributed by atoms with Crippen LogP contribution in [0.25, 0.3) is 17.5 Å². The minimum Gasteiger partial charge on any atom is -0.422 e. The van der Waals surface area contributed by atoms with Gasteiger partial charge in [-0.05, 0) is 43.3 Å². The molecule has 4 rings (SSSR count). The minimum atomic E-state index is -0.673. The number of benzene rings is 1. The molecule has 1 aliphatic heterocycles. The summed E-state index contributed by atoms with van der Waals surface area (Å²) in [6.07, 6.45) is 4.93. The molecule has 124 valence electrons. The van der Waals surface area contributed by atoms with Gasteiger partial charge in [-0.25, -0.2) is 13.9 Å². The number of carbonyl (C=O) groups is 1. The molecule has 0 radical (unpaired) electrons. The van der Waals surface area contributed by atoms with Gasteiger partial charge in [0.1, 0.15) is 17.1 Å². The molecule has 0 fully saturated rings. The second kappa shape index (κ2) is 5.55. The van der Waals surface area contributed by atoms with Gasteiger partial charge in [0, 0.05) is 23.0 Å². The summed E-state index contributed by atoms with van der Waals surface area (Å²) < 4.78 is 19.8. The summed E-state index contributed by atoms with van der Waals surface area (Å²) >= 11 is 0. The first-order chi connectivity index (χ1) is 12.0. The first kappa shape index (κ1) is 15.1. The summed E-state index contributed by atoms with van der Waals surface area (Å²) in [5, 5.41) is 4.21. The van der Waals surface area contributed by atoms with Gasteiger partial charge in [-0.1, -0.05) is 0 Å². The third-order valence-electron chi connectivity index (χ3n) is 3.83. The zero-order chi connectivity index (χ0) is 17.6. The van der Waals surface area contributed by atoms with Crippen LogP contribution in [0.5, 0.6) is 0 Å². The summed E-state index contributed by atoms with van der Waals surface area (Å²) in [6.45, 7) is 1.73. The van der Waals surface area contributed by atoms with Crippen molar-refractivity contribution < 1.29 is 13.9 Å². The molecule has 0 atom stereocenters. The highest BCUT2D eigenvalue weighted by atomic mass is 19.1. The Bertz CT molecular complexity index is 1080. The van der Waals surface area contributed by atoms with Crippen molar-refractivity contribution in [3.05, 3.63) is 81.3 Å². The summed E-state index contributed by atoms with van der Waals surface area (Å²) in [4.78, 5) is 26.4. The molecule has 2 aromatic heterocycles. The number of hydrogen-bond donors (Lipinski definition) is 1. The predicted octanol–water partition coefficient (Wildman–Crippen LogP) is 2.68. The zero-order valence-corrected chi connectivity index (χ0v) is 13.1. The molecule has 0 aliphatic carbocycles. The van der Waals surface area contributed by atoms with Gasteiger partial charge in [0.05, 0.1) is 11.9 Å². The Labute approximate surface area is 141 Å². The van der Waals surface area contributed by atoms with E-state index in [0.717, 1.165) is 0 Å². The van der Waals surface area contributed by atoms with Crippen LogP contribution < -0.4 is 5.56 Å². The van der Waals surface area contributed by atoms with Crippen molar-refractivity contribution in [2.45, 2.75) is 6.92 Å². The van der Waals surface area contributed by atoms with Gasteiger partial charge in [-0.2, -0.15) is 5.10 Å². The lowest BCUT2D eigenvalue weighted by atomic mass is 10.1. The molecule has 6 nitrogen and oxygen atoms in total. The molecular formula is C18H12FN3O3. The second-order valence-electron chi connectivity index (χ2n) is 5.66. The highest BCUT2D eigenvalue weighted by molar-refractivity contribution is 6.05. The number of H-pyrrole nitrogens is 1. The first-order valence-corrected chi connectivity index (χ1v) is 7.50. The van der Waals surface area contributed by atoms with Gasteiger partial charge in [-0.15, -0.1) is 0 Å². The molecule has 25 heavy (non-hydrogen) atoms. The number of ether oxygens (including phenoxy) is 1. The van der Waals surface area contributed by atoms with E-state index in [9.17, 15) is 14.0 Å². The number of nitrogens with zero attached hydrogens (tertiary/aromatic N) is 2. The molecule has 0 bridgehead atoms. The number of hydrogen-bond acceptors (Lipinski definition) is 4. The van der Waals surface area contributed by atoms with Crippen LogP contribution in [0, 0.1) is 12.7 Å². The number of halogens is 1. The van der Waals surface area contributed by atoms with Crippen LogP contribution in [0.15, 0.2) is 47.5 Å². The number of aromatic amines is 1. The lowest BCUT2D eigenvalue weighted by Crippen LogP contribution is -2.16. The van der Waals surface area contributed by atoms with Crippen LogP contribution in [-0.4, -0.2) is 20.7 Å². The van der Waals surface area contributed by atoms with Crippen molar-refractivity contribution in [2.75, 3.05) is 0 Å². The highest BCUT2D eigenvalue weighted by Gasteiger charge is 2.30. The molecule has 0 unspecified atom stereocenters. The summed E-state index contributed by atoms with van der Waals surface area (Å²) in [5.41, 5.74) is 2.00. The van der Waals surface area contributed by atoms with E-state index in [-0.39, 0.29) is 11.4 Å². The summed E-state index contributed by atoms with van der Waals surface area (Å²) in [6, 6.07) is 7.59. The highest BCUT2D eigenvalue weighted by Crippen LogP contribution is 2.29. The van der Waals surface area contributed by atoms with Crippen molar-refractivity contribution in [3.8, 4) is 5.69 Å². The molecule has 0 saturated carbocycles. The average Bonchev–Trinajstić information content (AvgIpc) is 3.14. The Morgan fingerprint density at radius 3 is 2.76 bits per heavy atom. The fourth-order valence-electron chi connectivity index (χ4n) is 2.70. The van der Waals surface area contributed by atoms with Crippen LogP contribution in [-0.2, 0) is 4.74 Å². The van der Waals surface area contributed by atoms with Gasteiger partial charge in [-0.3, -0.25) is 4.79 Å². The van der Waals surface area contributed by atoms with E-state index >= 15 is 0 Å². The van der Waals surface area contributed by atoms with E-state index in [2.05, 4.69) is 10.1 Å². The third-order valence-corrected chi connectivity index (χ3v) is 3.83. The Hall–Kier alpha value is -3.48. The number of pyridine rings is 1. The molecule has 3 aromatic rings. The Morgan fingerprint density at radius 2 is 2.00 bits per heavy atom. The van der Waals surface area contributed by atoms with Crippen molar-refractivity contribution >= 4 is 17.8 Å². The molecule has 3 heterocycles. The molecule has 0 spiro atoms. The molecule has 7 heteroatoms. The number of nitrogens with one attached hydrogen (secondary N) is 1. The van der Waals surface area contributed by atoms with Crippen molar-refractivity contribution in [2.24, 2.45) is 0 Å². The number of carbonyl (C=O) groups excluding carboxylic acids is 1. The predicted molar refractivity (Wildman–Crippen MR) is 88.6 cm³/mol. The number of esters is 1. The summed E-state index contributed by atoms with van der Waals surface area (Å²) in [7, 11) is 0. The summed E-state index contributed by atoms with van der Waals surface area (Å²) in [5.74, 6) is -0.699. The fraction of sp³-hybridized carbons (Fsp3) is 0.0556. The largest absolute Gasteiger partial charge is 0.422 e. The van der Waals surface area contributed by atoms with E-state index in [1.54, 1.807) is 48.3 Å². The maximum Gasteiger partial charge on any atom is 0.349 e. The number of aromatic nitrogens is 3. The number of fused-ring (bicyclic) bond motifs is 1. The molecule has 0 amide bonds. The van der Waals surface area contributed by atoms with Crippen LogP contribution >= 0.6 is 0 Å². The van der Waals surface area contributed by atoms with Crippen molar-refractivity contribution in [3.63, 3.8) is 0 Å². The molecule has 1 N–H and O–H groups in total. The molecule has 1 aromatic carbocycles. The van der Waals surface area contributed by atoms with Crippen molar-refractivity contribution in [1.29, 1.82) is 0 Å². The second-order valence-corrected chi connectivity index (χ2v) is 5.66. The zero-order valence-electron chi connectivity index (χ0n) is 13.1. The van der Waals surface area contributed by atoms with Crippen LogP contribution in [0.3, 0.4) is 0 Å². The van der Waals surface area contributed by atoms with Gasteiger partial charge < -0.3 is 9.72 Å². The maximum absolute atomic E-state index is 13.0. The van der Waals surface area contributed by atoms with Crippen LogP contribution in [0.2, 0.25) is 0 Å². The Morgan fingerprint density at radius 1 is 1.24 bits per heavy atom. The molecular weight excluding hydrogens is 325 g/mol.